The van der Waals surface area contributed by atoms with E-state index in [-0.39, 0.29) is 5.91 Å². The molecule has 0 spiro atoms. The molecule has 2 aromatic rings. The van der Waals surface area contributed by atoms with Crippen molar-refractivity contribution < 1.29 is 9.53 Å². The Morgan fingerprint density at radius 1 is 1.20 bits per heavy atom. The van der Waals surface area contributed by atoms with E-state index in [1.165, 1.54) is 0 Å². The molecule has 2 rings (SSSR count). The van der Waals surface area contributed by atoms with Crippen molar-refractivity contribution in [1.82, 2.24) is 0 Å². The van der Waals surface area contributed by atoms with Gasteiger partial charge in [-0.15, -0.1) is 11.8 Å². The Bertz CT molecular complexity index is 547. The molecule has 0 aromatic heterocycles. The third-order valence-corrected chi connectivity index (χ3v) is 3.58. The molecule has 0 heterocycles. The van der Waals surface area contributed by atoms with Gasteiger partial charge in [-0.05, 0) is 42.2 Å². The summed E-state index contributed by atoms with van der Waals surface area (Å²) in [6, 6.07) is 15.4. The normalized spacial score (nSPS) is 10.1. The van der Waals surface area contributed by atoms with Gasteiger partial charge in [0.2, 0.25) is 5.91 Å². The fourth-order valence-corrected chi connectivity index (χ4v) is 2.33. The second kappa shape index (κ2) is 7.01. The van der Waals surface area contributed by atoms with Crippen LogP contribution in [0.25, 0.3) is 0 Å². The van der Waals surface area contributed by atoms with E-state index in [0.29, 0.717) is 6.42 Å². The molecule has 0 saturated heterocycles. The maximum atomic E-state index is 12.0. The molecule has 0 unspecified atom stereocenters. The number of hydrogen-bond donors (Lipinski definition) is 1. The monoisotopic (exact) mass is 287 g/mol. The van der Waals surface area contributed by atoms with Crippen LogP contribution < -0.4 is 10.1 Å². The van der Waals surface area contributed by atoms with Gasteiger partial charge in [0, 0.05) is 10.6 Å². The van der Waals surface area contributed by atoms with Gasteiger partial charge >= 0.3 is 0 Å². The van der Waals surface area contributed by atoms with Crippen molar-refractivity contribution in [3.05, 3.63) is 54.1 Å². The molecule has 0 bridgehead atoms. The van der Waals surface area contributed by atoms with Gasteiger partial charge in [-0.25, -0.2) is 0 Å². The van der Waals surface area contributed by atoms with Crippen molar-refractivity contribution in [3.63, 3.8) is 0 Å². The first-order valence-corrected chi connectivity index (χ1v) is 7.50. The van der Waals surface area contributed by atoms with Crippen molar-refractivity contribution in [2.45, 2.75) is 11.3 Å². The fourth-order valence-electron chi connectivity index (χ4n) is 1.87. The van der Waals surface area contributed by atoms with E-state index >= 15 is 0 Å². The Labute approximate surface area is 123 Å². The number of nitrogens with one attached hydrogen (secondary N) is 1. The molecule has 0 fully saturated rings. The molecular formula is C16H17NO2S. The first-order chi connectivity index (χ1) is 9.71. The summed E-state index contributed by atoms with van der Waals surface area (Å²) >= 11 is 1.65. The quantitative estimate of drug-likeness (QED) is 0.854. The molecule has 0 aliphatic rings. The number of anilines is 1. The Morgan fingerprint density at radius 2 is 2.00 bits per heavy atom. The van der Waals surface area contributed by atoms with Crippen LogP contribution in [-0.2, 0) is 11.2 Å². The zero-order chi connectivity index (χ0) is 14.4. The van der Waals surface area contributed by atoms with Crippen molar-refractivity contribution >= 4 is 23.4 Å². The summed E-state index contributed by atoms with van der Waals surface area (Å²) in [6.07, 6.45) is 2.35. The predicted molar refractivity (Wildman–Crippen MR) is 83.6 cm³/mol. The number of rotatable bonds is 5. The molecule has 1 amide bonds. The van der Waals surface area contributed by atoms with Gasteiger partial charge in [0.05, 0.1) is 13.5 Å². The first kappa shape index (κ1) is 14.5. The predicted octanol–water partition coefficient (Wildman–Crippen LogP) is 3.60. The van der Waals surface area contributed by atoms with E-state index in [4.69, 9.17) is 4.74 Å². The molecule has 104 valence electrons. The number of carbonyl (C=O) groups excluding carboxylic acids is 1. The molecule has 0 aliphatic heterocycles. The van der Waals surface area contributed by atoms with Crippen LogP contribution in [0.1, 0.15) is 5.56 Å². The van der Waals surface area contributed by atoms with Crippen molar-refractivity contribution in [2.24, 2.45) is 0 Å². The van der Waals surface area contributed by atoms with Crippen LogP contribution in [0.4, 0.5) is 5.69 Å². The van der Waals surface area contributed by atoms with Gasteiger partial charge in [-0.2, -0.15) is 0 Å². The van der Waals surface area contributed by atoms with Crippen LogP contribution in [0.2, 0.25) is 0 Å². The standard InChI is InChI=1S/C16H17NO2S/c1-19-14-7-3-5-12(9-14)10-16(18)17-13-6-4-8-15(11-13)20-2/h3-9,11H,10H2,1-2H3,(H,17,18). The lowest BCUT2D eigenvalue weighted by Crippen LogP contribution is -2.14. The molecular weight excluding hydrogens is 270 g/mol. The summed E-state index contributed by atoms with van der Waals surface area (Å²) in [7, 11) is 1.62. The highest BCUT2D eigenvalue weighted by atomic mass is 32.2. The van der Waals surface area contributed by atoms with Gasteiger partial charge < -0.3 is 10.1 Å². The van der Waals surface area contributed by atoms with E-state index < -0.39 is 0 Å². The van der Waals surface area contributed by atoms with Crippen LogP contribution in [0.3, 0.4) is 0 Å². The molecule has 20 heavy (non-hydrogen) atoms. The molecule has 0 atom stereocenters. The van der Waals surface area contributed by atoms with Gasteiger partial charge in [-0.3, -0.25) is 4.79 Å². The highest BCUT2D eigenvalue weighted by Gasteiger charge is 2.05. The van der Waals surface area contributed by atoms with E-state index in [1.807, 2.05) is 54.8 Å². The van der Waals surface area contributed by atoms with Crippen LogP contribution in [0.15, 0.2) is 53.4 Å². The first-order valence-electron chi connectivity index (χ1n) is 6.28. The van der Waals surface area contributed by atoms with Crippen molar-refractivity contribution in [1.29, 1.82) is 0 Å². The number of methoxy groups -OCH3 is 1. The van der Waals surface area contributed by atoms with Crippen molar-refractivity contribution in [3.8, 4) is 5.75 Å². The van der Waals surface area contributed by atoms with Gasteiger partial charge in [0.25, 0.3) is 0 Å². The molecule has 3 nitrogen and oxygen atoms in total. The van der Waals surface area contributed by atoms with Crippen LogP contribution in [0, 0.1) is 0 Å². The second-order valence-corrected chi connectivity index (χ2v) is 5.19. The Kier molecular flexibility index (Phi) is 5.07. The van der Waals surface area contributed by atoms with Crippen LogP contribution in [-0.4, -0.2) is 19.3 Å². The number of ether oxygens (including phenoxy) is 1. The number of amides is 1. The maximum absolute atomic E-state index is 12.0. The summed E-state index contributed by atoms with van der Waals surface area (Å²) < 4.78 is 5.15. The fraction of sp³-hybridized carbons (Fsp3) is 0.188. The average molecular weight is 287 g/mol. The lowest BCUT2D eigenvalue weighted by molar-refractivity contribution is -0.115. The van der Waals surface area contributed by atoms with Crippen molar-refractivity contribution in [2.75, 3.05) is 18.7 Å². The largest absolute Gasteiger partial charge is 0.497 e. The topological polar surface area (TPSA) is 38.3 Å². The third-order valence-electron chi connectivity index (χ3n) is 2.85. The molecule has 2 aromatic carbocycles. The molecule has 0 aliphatic carbocycles. The van der Waals surface area contributed by atoms with Gasteiger partial charge in [-0.1, -0.05) is 18.2 Å². The highest BCUT2D eigenvalue weighted by Crippen LogP contribution is 2.19. The van der Waals surface area contributed by atoms with E-state index in [1.54, 1.807) is 18.9 Å². The zero-order valence-electron chi connectivity index (χ0n) is 11.6. The Balaban J connectivity index is 2.01. The van der Waals surface area contributed by atoms with E-state index in [9.17, 15) is 4.79 Å². The number of thioether (sulfide) groups is 1. The number of hydrogen-bond acceptors (Lipinski definition) is 3. The molecule has 1 N–H and O–H groups in total. The molecule has 0 radical (unpaired) electrons. The highest BCUT2D eigenvalue weighted by molar-refractivity contribution is 7.98. The van der Waals surface area contributed by atoms with E-state index in [0.717, 1.165) is 21.9 Å². The minimum atomic E-state index is -0.0310. The Morgan fingerprint density at radius 3 is 2.75 bits per heavy atom. The summed E-state index contributed by atoms with van der Waals surface area (Å²) in [6.45, 7) is 0. The maximum Gasteiger partial charge on any atom is 0.228 e. The van der Waals surface area contributed by atoms with Crippen LogP contribution in [0.5, 0.6) is 5.75 Å². The summed E-state index contributed by atoms with van der Waals surface area (Å²) in [5.41, 5.74) is 1.76. The van der Waals surface area contributed by atoms with E-state index in [2.05, 4.69) is 5.32 Å². The SMILES string of the molecule is COc1cccc(CC(=O)Nc2cccc(SC)c2)c1. The lowest BCUT2D eigenvalue weighted by Gasteiger charge is -2.07. The number of carbonyl (C=O) groups is 1. The average Bonchev–Trinajstić information content (AvgIpc) is 2.47. The number of benzene rings is 2. The smallest absolute Gasteiger partial charge is 0.228 e. The summed E-state index contributed by atoms with van der Waals surface area (Å²) in [5.74, 6) is 0.733. The summed E-state index contributed by atoms with van der Waals surface area (Å²) in [5, 5.41) is 2.91. The lowest BCUT2D eigenvalue weighted by atomic mass is 10.1. The third kappa shape index (κ3) is 4.03. The molecule has 4 heteroatoms. The minimum absolute atomic E-state index is 0.0310. The molecule has 0 saturated carbocycles. The van der Waals surface area contributed by atoms with Gasteiger partial charge in [0.1, 0.15) is 5.75 Å². The summed E-state index contributed by atoms with van der Waals surface area (Å²) in [4.78, 5) is 13.2. The van der Waals surface area contributed by atoms with Crippen LogP contribution >= 0.6 is 11.8 Å². The zero-order valence-corrected chi connectivity index (χ0v) is 12.4. The Hall–Kier alpha value is -1.94. The minimum Gasteiger partial charge on any atom is -0.497 e. The second-order valence-electron chi connectivity index (χ2n) is 4.31. The van der Waals surface area contributed by atoms with Gasteiger partial charge in [0.15, 0.2) is 0 Å².